The summed E-state index contributed by atoms with van der Waals surface area (Å²) in [6, 6.07) is 13.3. The summed E-state index contributed by atoms with van der Waals surface area (Å²) in [6.07, 6.45) is 0.848. The molecule has 3 rings (SSSR count). The van der Waals surface area contributed by atoms with Gasteiger partial charge in [-0.05, 0) is 24.3 Å². The summed E-state index contributed by atoms with van der Waals surface area (Å²) in [5.41, 5.74) is 0.888. The Morgan fingerprint density at radius 3 is 2.63 bits per heavy atom. The van der Waals surface area contributed by atoms with E-state index in [0.717, 1.165) is 29.4 Å². The Labute approximate surface area is 193 Å². The van der Waals surface area contributed by atoms with Gasteiger partial charge in [0.05, 0.1) is 13.2 Å². The Morgan fingerprint density at radius 1 is 1.00 bits per heavy atom. The second-order valence-corrected chi connectivity index (χ2v) is 6.21. The maximum absolute atomic E-state index is 5.75. The average molecular weight is 529 g/mol. The van der Waals surface area contributed by atoms with Gasteiger partial charge < -0.3 is 34.3 Å². The number of aliphatic imine (C=N–C) groups is 1. The molecular formula is C21H28IN3O5. The molecule has 0 spiro atoms. The molecule has 1 aliphatic rings. The lowest BCUT2D eigenvalue weighted by Crippen LogP contribution is -2.33. The van der Waals surface area contributed by atoms with Crippen molar-refractivity contribution >= 4 is 35.6 Å². The van der Waals surface area contributed by atoms with Crippen LogP contribution in [0.1, 0.15) is 6.42 Å². The Balaban J connectivity index is 0.00000320. The van der Waals surface area contributed by atoms with E-state index in [0.29, 0.717) is 38.1 Å². The molecule has 0 saturated heterocycles. The summed E-state index contributed by atoms with van der Waals surface area (Å²) in [4.78, 5) is 4.24. The Bertz CT molecular complexity index is 819. The summed E-state index contributed by atoms with van der Waals surface area (Å²) in [7, 11) is 3.41. The fourth-order valence-corrected chi connectivity index (χ4v) is 2.68. The maximum Gasteiger partial charge on any atom is 0.231 e. The fourth-order valence-electron chi connectivity index (χ4n) is 2.68. The highest BCUT2D eigenvalue weighted by Crippen LogP contribution is 2.34. The molecule has 0 fully saturated rings. The SMILES string of the molecule is CN=C(NCCOc1ccc2c(c1)OCO2)Nc1cccc(OCCCOC)c1.I. The number of methoxy groups -OCH3 is 1. The standard InChI is InChI=1S/C21H27N3O5.HI/c1-22-21(24-16-5-3-6-17(13-16)26-11-4-10-25-2)23-9-12-27-18-7-8-19-20(14-18)29-15-28-19;/h3,5-8,13-14H,4,9-12,15H2,1-2H3,(H2,22,23,24);1H. The van der Waals surface area contributed by atoms with Crippen molar-refractivity contribution in [2.75, 3.05) is 52.6 Å². The molecule has 2 aromatic rings. The number of benzene rings is 2. The predicted molar refractivity (Wildman–Crippen MR) is 127 cm³/mol. The summed E-state index contributed by atoms with van der Waals surface area (Å²) >= 11 is 0. The Hall–Kier alpha value is -2.40. The molecule has 0 amide bonds. The topological polar surface area (TPSA) is 82.6 Å². The number of nitrogens with zero attached hydrogens (tertiary/aromatic N) is 1. The second kappa shape index (κ2) is 13.0. The maximum atomic E-state index is 5.75. The summed E-state index contributed by atoms with van der Waals surface area (Å²) in [5.74, 6) is 3.63. The van der Waals surface area contributed by atoms with Crippen LogP contribution in [0.5, 0.6) is 23.0 Å². The summed E-state index contributed by atoms with van der Waals surface area (Å²) in [5, 5.41) is 6.47. The van der Waals surface area contributed by atoms with Crippen molar-refractivity contribution in [3.05, 3.63) is 42.5 Å². The molecule has 0 atom stereocenters. The van der Waals surface area contributed by atoms with Crippen LogP contribution >= 0.6 is 24.0 Å². The molecule has 1 heterocycles. The van der Waals surface area contributed by atoms with E-state index in [2.05, 4.69) is 15.6 Å². The van der Waals surface area contributed by atoms with Gasteiger partial charge in [-0.2, -0.15) is 0 Å². The second-order valence-electron chi connectivity index (χ2n) is 6.21. The van der Waals surface area contributed by atoms with Crippen molar-refractivity contribution < 1.29 is 23.7 Å². The minimum atomic E-state index is 0. The van der Waals surface area contributed by atoms with Gasteiger partial charge in [-0.3, -0.25) is 4.99 Å². The number of fused-ring (bicyclic) bond motifs is 1. The van der Waals surface area contributed by atoms with Crippen molar-refractivity contribution in [1.82, 2.24) is 5.32 Å². The monoisotopic (exact) mass is 529 g/mol. The number of rotatable bonds is 10. The first-order valence-electron chi connectivity index (χ1n) is 9.50. The van der Waals surface area contributed by atoms with Gasteiger partial charge in [0.25, 0.3) is 0 Å². The lowest BCUT2D eigenvalue weighted by molar-refractivity contribution is 0.172. The van der Waals surface area contributed by atoms with Gasteiger partial charge in [0.1, 0.15) is 18.1 Å². The van der Waals surface area contributed by atoms with Gasteiger partial charge in [0, 0.05) is 45.0 Å². The number of hydrogen-bond donors (Lipinski definition) is 2. The predicted octanol–water partition coefficient (Wildman–Crippen LogP) is 3.51. The third-order valence-electron chi connectivity index (χ3n) is 4.09. The van der Waals surface area contributed by atoms with Crippen LogP contribution in [0.2, 0.25) is 0 Å². The highest BCUT2D eigenvalue weighted by molar-refractivity contribution is 14.0. The van der Waals surface area contributed by atoms with Gasteiger partial charge in [0.2, 0.25) is 6.79 Å². The van der Waals surface area contributed by atoms with E-state index < -0.39 is 0 Å². The fraction of sp³-hybridized carbons (Fsp3) is 0.381. The first-order chi connectivity index (χ1) is 14.3. The molecule has 8 nitrogen and oxygen atoms in total. The molecule has 164 valence electrons. The van der Waals surface area contributed by atoms with Crippen LogP contribution in [0, 0.1) is 0 Å². The third kappa shape index (κ3) is 7.45. The van der Waals surface area contributed by atoms with Gasteiger partial charge in [-0.25, -0.2) is 0 Å². The lowest BCUT2D eigenvalue weighted by Gasteiger charge is -2.14. The quantitative estimate of drug-likeness (QED) is 0.211. The number of nitrogens with one attached hydrogen (secondary N) is 2. The van der Waals surface area contributed by atoms with Crippen LogP contribution in [0.25, 0.3) is 0 Å². The number of ether oxygens (including phenoxy) is 5. The van der Waals surface area contributed by atoms with E-state index in [-0.39, 0.29) is 30.8 Å². The Kier molecular flexibility index (Phi) is 10.4. The minimum absolute atomic E-state index is 0. The van der Waals surface area contributed by atoms with E-state index >= 15 is 0 Å². The van der Waals surface area contributed by atoms with Crippen molar-refractivity contribution in [2.24, 2.45) is 4.99 Å². The molecule has 0 aliphatic carbocycles. The molecule has 0 saturated carbocycles. The largest absolute Gasteiger partial charge is 0.493 e. The van der Waals surface area contributed by atoms with Crippen molar-refractivity contribution in [2.45, 2.75) is 6.42 Å². The molecule has 0 bridgehead atoms. The molecule has 30 heavy (non-hydrogen) atoms. The van der Waals surface area contributed by atoms with E-state index in [1.165, 1.54) is 0 Å². The van der Waals surface area contributed by atoms with Gasteiger partial charge in [-0.15, -0.1) is 24.0 Å². The van der Waals surface area contributed by atoms with Gasteiger partial charge in [-0.1, -0.05) is 6.07 Å². The third-order valence-corrected chi connectivity index (χ3v) is 4.09. The molecule has 0 radical (unpaired) electrons. The lowest BCUT2D eigenvalue weighted by atomic mass is 10.3. The number of anilines is 1. The van der Waals surface area contributed by atoms with Crippen LogP contribution in [-0.2, 0) is 4.74 Å². The van der Waals surface area contributed by atoms with Crippen molar-refractivity contribution in [3.8, 4) is 23.0 Å². The smallest absolute Gasteiger partial charge is 0.231 e. The molecule has 0 unspecified atom stereocenters. The Morgan fingerprint density at radius 2 is 1.80 bits per heavy atom. The van der Waals surface area contributed by atoms with E-state index in [9.17, 15) is 0 Å². The van der Waals surface area contributed by atoms with Crippen LogP contribution in [-0.4, -0.2) is 53.3 Å². The van der Waals surface area contributed by atoms with Crippen LogP contribution in [0.4, 0.5) is 5.69 Å². The average Bonchev–Trinajstić information content (AvgIpc) is 3.21. The normalized spacial score (nSPS) is 12.1. The van der Waals surface area contributed by atoms with Crippen LogP contribution in [0.3, 0.4) is 0 Å². The zero-order valence-corrected chi connectivity index (χ0v) is 19.5. The zero-order chi connectivity index (χ0) is 20.3. The first kappa shape index (κ1) is 23.9. The highest BCUT2D eigenvalue weighted by atomic mass is 127. The molecule has 1 aliphatic heterocycles. The molecular weight excluding hydrogens is 501 g/mol. The van der Waals surface area contributed by atoms with Crippen LogP contribution < -0.4 is 29.6 Å². The van der Waals surface area contributed by atoms with E-state index in [1.807, 2.05) is 42.5 Å². The van der Waals surface area contributed by atoms with Crippen molar-refractivity contribution in [3.63, 3.8) is 0 Å². The number of hydrogen-bond acceptors (Lipinski definition) is 6. The highest BCUT2D eigenvalue weighted by Gasteiger charge is 2.13. The van der Waals surface area contributed by atoms with Gasteiger partial charge in [0.15, 0.2) is 17.5 Å². The van der Waals surface area contributed by atoms with Gasteiger partial charge >= 0.3 is 0 Å². The molecule has 0 aromatic heterocycles. The van der Waals surface area contributed by atoms with Crippen LogP contribution in [0.15, 0.2) is 47.5 Å². The molecule has 2 aromatic carbocycles. The minimum Gasteiger partial charge on any atom is -0.493 e. The molecule has 9 heteroatoms. The van der Waals surface area contributed by atoms with E-state index in [1.54, 1.807) is 14.2 Å². The first-order valence-corrected chi connectivity index (χ1v) is 9.50. The summed E-state index contributed by atoms with van der Waals surface area (Å²) < 4.78 is 27.1. The molecule has 2 N–H and O–H groups in total. The zero-order valence-electron chi connectivity index (χ0n) is 17.2. The summed E-state index contributed by atoms with van der Waals surface area (Å²) in [6.45, 7) is 2.61. The number of guanidine groups is 1. The van der Waals surface area contributed by atoms with Crippen molar-refractivity contribution in [1.29, 1.82) is 0 Å². The van der Waals surface area contributed by atoms with E-state index in [4.69, 9.17) is 23.7 Å². The number of halogens is 1.